The molecule has 16 atom stereocenters. The summed E-state index contributed by atoms with van der Waals surface area (Å²) in [5.74, 6) is 3.55. The van der Waals surface area contributed by atoms with Crippen LogP contribution < -0.4 is 5.73 Å². The van der Waals surface area contributed by atoms with Gasteiger partial charge in [0.05, 0.1) is 12.2 Å². The van der Waals surface area contributed by atoms with Crippen molar-refractivity contribution in [1.29, 1.82) is 0 Å². The van der Waals surface area contributed by atoms with Gasteiger partial charge in [-0.1, -0.05) is 55.4 Å². The zero-order chi connectivity index (χ0) is 31.2. The Morgan fingerprint density at radius 1 is 0.619 bits per heavy atom. The number of nitrogens with two attached hydrogens (primary N) is 1. The van der Waals surface area contributed by atoms with Crippen molar-refractivity contribution in [3.05, 3.63) is 0 Å². The molecule has 6 heteroatoms. The van der Waals surface area contributed by atoms with E-state index in [-0.39, 0.29) is 23.8 Å². The summed E-state index contributed by atoms with van der Waals surface area (Å²) in [4.78, 5) is 0. The molecule has 5 fully saturated rings. The fourth-order valence-corrected chi connectivity index (χ4v) is 13.4. The molecule has 0 aromatic carbocycles. The van der Waals surface area contributed by atoms with Gasteiger partial charge in [0.25, 0.3) is 0 Å². The van der Waals surface area contributed by atoms with E-state index in [0.717, 1.165) is 37.0 Å². The molecule has 0 bridgehead atoms. The van der Waals surface area contributed by atoms with Crippen molar-refractivity contribution < 1.29 is 25.5 Å². The number of aliphatic hydroxyl groups is 5. The third-order valence-corrected chi connectivity index (χ3v) is 16.5. The summed E-state index contributed by atoms with van der Waals surface area (Å²) in [5.41, 5.74) is 7.12. The zero-order valence-corrected chi connectivity index (χ0v) is 28.0. The van der Waals surface area contributed by atoms with Crippen LogP contribution in [0.3, 0.4) is 0 Å². The molecule has 0 aromatic rings. The van der Waals surface area contributed by atoms with E-state index in [1.165, 1.54) is 44.9 Å². The highest BCUT2D eigenvalue weighted by molar-refractivity contribution is 5.19. The quantitative estimate of drug-likeness (QED) is 0.244. The van der Waals surface area contributed by atoms with E-state index in [4.69, 9.17) is 5.73 Å². The first-order valence-electron chi connectivity index (χ1n) is 17.5. The van der Waals surface area contributed by atoms with Crippen molar-refractivity contribution >= 4 is 0 Å². The second-order valence-corrected chi connectivity index (χ2v) is 17.9. The first-order valence-corrected chi connectivity index (χ1v) is 17.5. The van der Waals surface area contributed by atoms with E-state index in [1.807, 2.05) is 6.92 Å². The van der Waals surface area contributed by atoms with Gasteiger partial charge >= 0.3 is 0 Å². The Morgan fingerprint density at radius 3 is 1.74 bits per heavy atom. The number of hydrogen-bond donors (Lipinski definition) is 6. The molecule has 0 unspecified atom stereocenters. The minimum absolute atomic E-state index is 0.205. The monoisotopic (exact) mass is 591 g/mol. The average molecular weight is 592 g/mol. The highest BCUT2D eigenvalue weighted by atomic mass is 16.4. The SMILES string of the molecule is C[C@H]([C@@H](O)[C@@H](O)[C@@H](O)[C@@H](O)[C@@H](O)CN)[C@H]1CC[C@]2(C)[C@H]3CC[C@@H]4[C@@]5(C)CC[C@H](C)C(C)(C)[C@@H]5CC[C@@]4(C)[C@]3(C)CC[C@@H]12. The van der Waals surface area contributed by atoms with Crippen LogP contribution in [0.25, 0.3) is 0 Å². The van der Waals surface area contributed by atoms with Crippen LogP contribution in [-0.2, 0) is 0 Å². The summed E-state index contributed by atoms with van der Waals surface area (Å²) in [6.07, 6.45) is 5.34. The van der Waals surface area contributed by atoms with Crippen LogP contribution in [-0.4, -0.2) is 62.6 Å². The highest BCUT2D eigenvalue weighted by Crippen LogP contribution is 2.78. The van der Waals surface area contributed by atoms with Gasteiger partial charge < -0.3 is 31.3 Å². The number of rotatable bonds is 7. The third-order valence-electron chi connectivity index (χ3n) is 16.5. The van der Waals surface area contributed by atoms with Crippen molar-refractivity contribution in [2.75, 3.05) is 6.54 Å². The van der Waals surface area contributed by atoms with Gasteiger partial charge in [-0.2, -0.15) is 0 Å². The van der Waals surface area contributed by atoms with Crippen LogP contribution >= 0.6 is 0 Å². The van der Waals surface area contributed by atoms with Crippen LogP contribution in [0.5, 0.6) is 0 Å². The Hall–Kier alpha value is -0.240. The van der Waals surface area contributed by atoms with Gasteiger partial charge in [0.15, 0.2) is 0 Å². The van der Waals surface area contributed by atoms with Gasteiger partial charge in [-0.3, -0.25) is 0 Å². The van der Waals surface area contributed by atoms with E-state index in [0.29, 0.717) is 33.5 Å². The Kier molecular flexibility index (Phi) is 8.63. The maximum absolute atomic E-state index is 11.2. The minimum atomic E-state index is -1.65. The lowest BCUT2D eigenvalue weighted by Gasteiger charge is -2.73. The maximum atomic E-state index is 11.2. The summed E-state index contributed by atoms with van der Waals surface area (Å²) in [6.45, 7) is 20.0. The molecule has 5 rings (SSSR count). The average Bonchev–Trinajstić information content (AvgIpc) is 3.30. The van der Waals surface area contributed by atoms with Gasteiger partial charge in [0.1, 0.15) is 18.3 Å². The van der Waals surface area contributed by atoms with Crippen molar-refractivity contribution in [1.82, 2.24) is 0 Å². The summed E-state index contributed by atoms with van der Waals surface area (Å²) in [6, 6.07) is 0. The van der Waals surface area contributed by atoms with E-state index in [9.17, 15) is 25.5 Å². The number of aliphatic hydroxyl groups excluding tert-OH is 5. The maximum Gasteiger partial charge on any atom is 0.111 e. The van der Waals surface area contributed by atoms with Crippen LogP contribution in [0.4, 0.5) is 0 Å². The van der Waals surface area contributed by atoms with E-state index in [1.54, 1.807) is 0 Å². The minimum Gasteiger partial charge on any atom is -0.390 e. The smallest absolute Gasteiger partial charge is 0.111 e. The Balaban J connectivity index is 1.37. The molecule has 0 radical (unpaired) electrons. The van der Waals surface area contributed by atoms with Crippen molar-refractivity contribution in [2.24, 2.45) is 74.2 Å². The summed E-state index contributed by atoms with van der Waals surface area (Å²) < 4.78 is 0. The normalized spacial score (nSPS) is 50.7. The molecule has 6 nitrogen and oxygen atoms in total. The van der Waals surface area contributed by atoms with Gasteiger partial charge in [0, 0.05) is 6.54 Å². The Morgan fingerprint density at radius 2 is 1.14 bits per heavy atom. The lowest BCUT2D eigenvalue weighted by molar-refractivity contribution is -0.247. The third kappa shape index (κ3) is 4.46. The van der Waals surface area contributed by atoms with Gasteiger partial charge in [-0.05, 0) is 133 Å². The topological polar surface area (TPSA) is 127 Å². The largest absolute Gasteiger partial charge is 0.390 e. The summed E-state index contributed by atoms with van der Waals surface area (Å²) in [5, 5.41) is 52.7. The first kappa shape index (κ1) is 33.1. The molecule has 7 N–H and O–H groups in total. The molecule has 0 aromatic heterocycles. The van der Waals surface area contributed by atoms with Gasteiger partial charge in [0.2, 0.25) is 0 Å². The second kappa shape index (κ2) is 10.9. The van der Waals surface area contributed by atoms with Crippen molar-refractivity contribution in [3.8, 4) is 0 Å². The molecule has 0 amide bonds. The summed E-state index contributed by atoms with van der Waals surface area (Å²) in [7, 11) is 0. The molecule has 5 aliphatic rings. The van der Waals surface area contributed by atoms with Crippen molar-refractivity contribution in [2.45, 2.75) is 150 Å². The van der Waals surface area contributed by atoms with Crippen LogP contribution in [0, 0.1) is 68.5 Å². The fourth-order valence-electron chi connectivity index (χ4n) is 13.4. The standard InChI is InChI=1S/C36H65NO5/c1-20-11-15-34(6)25(32(20,3)4)14-18-36(8)27(34)10-9-26-33(5)16-12-22(23(33)13-17-35(26,36)7)21(2)28(39)30(41)31(42)29(40)24(38)19-37/h20-31,38-42H,9-19,37H2,1-8H3/t20-,21-,22+,23-,24-,25-,26+,27+,28+,29-,30+,31-,33-,34-,35+,36+/m0/s1. The van der Waals surface area contributed by atoms with E-state index < -0.39 is 30.5 Å². The van der Waals surface area contributed by atoms with E-state index >= 15 is 0 Å². The molecule has 244 valence electrons. The molecule has 5 saturated carbocycles. The van der Waals surface area contributed by atoms with E-state index in [2.05, 4.69) is 48.5 Å². The van der Waals surface area contributed by atoms with Gasteiger partial charge in [-0.15, -0.1) is 0 Å². The Labute approximate surface area is 256 Å². The number of hydrogen-bond acceptors (Lipinski definition) is 6. The lowest BCUT2D eigenvalue weighted by Crippen LogP contribution is -2.66. The molecule has 0 saturated heterocycles. The predicted molar refractivity (Wildman–Crippen MR) is 167 cm³/mol. The number of fused-ring (bicyclic) bond motifs is 7. The molecule has 5 aliphatic carbocycles. The summed E-state index contributed by atoms with van der Waals surface area (Å²) >= 11 is 0. The lowest BCUT2D eigenvalue weighted by atomic mass is 9.31. The van der Waals surface area contributed by atoms with Crippen LogP contribution in [0.1, 0.15) is 120 Å². The predicted octanol–water partition coefficient (Wildman–Crippen LogP) is 5.12. The van der Waals surface area contributed by atoms with Gasteiger partial charge in [-0.25, -0.2) is 0 Å². The molecule has 42 heavy (non-hydrogen) atoms. The van der Waals surface area contributed by atoms with Crippen molar-refractivity contribution in [3.63, 3.8) is 0 Å². The Bertz CT molecular complexity index is 990. The van der Waals surface area contributed by atoms with Crippen LogP contribution in [0.2, 0.25) is 0 Å². The highest BCUT2D eigenvalue weighted by Gasteiger charge is 2.70. The zero-order valence-electron chi connectivity index (χ0n) is 28.0. The molecular weight excluding hydrogens is 526 g/mol. The molecular formula is C36H65NO5. The molecule has 0 aliphatic heterocycles. The van der Waals surface area contributed by atoms with Crippen LogP contribution in [0.15, 0.2) is 0 Å². The second-order valence-electron chi connectivity index (χ2n) is 17.9. The fraction of sp³-hybridized carbons (Fsp3) is 1.00. The molecule has 0 spiro atoms. The molecule has 0 heterocycles. The first-order chi connectivity index (χ1) is 19.4.